The van der Waals surface area contributed by atoms with Crippen molar-refractivity contribution in [3.05, 3.63) is 0 Å². The van der Waals surface area contributed by atoms with Crippen molar-refractivity contribution in [3.63, 3.8) is 0 Å². The number of rotatable bonds is 5. The highest BCUT2D eigenvalue weighted by Crippen LogP contribution is 2.19. The highest BCUT2D eigenvalue weighted by molar-refractivity contribution is 14.0. The Morgan fingerprint density at radius 1 is 1.20 bits per heavy atom. The summed E-state index contributed by atoms with van der Waals surface area (Å²) in [7, 11) is 2.20. The number of piperidine rings is 2. The third-order valence-corrected chi connectivity index (χ3v) is 4.97. The van der Waals surface area contributed by atoms with E-state index in [-0.39, 0.29) is 35.9 Å². The summed E-state index contributed by atoms with van der Waals surface area (Å²) < 4.78 is 5.15. The molecule has 2 aliphatic rings. The summed E-state index contributed by atoms with van der Waals surface area (Å²) in [5, 5.41) is 3.42. The number of halogens is 1. The van der Waals surface area contributed by atoms with E-state index in [1.165, 1.54) is 19.4 Å². The van der Waals surface area contributed by atoms with Gasteiger partial charge in [0.2, 0.25) is 0 Å². The number of carbonyl (C=O) groups excluding carboxylic acids is 1. The van der Waals surface area contributed by atoms with Gasteiger partial charge in [0.25, 0.3) is 0 Å². The van der Waals surface area contributed by atoms with Crippen LogP contribution in [0.2, 0.25) is 0 Å². The number of esters is 1. The number of hydrogen-bond acceptors (Lipinski definition) is 4. The average molecular weight is 466 g/mol. The van der Waals surface area contributed by atoms with Gasteiger partial charge >= 0.3 is 5.97 Å². The quantitative estimate of drug-likeness (QED) is 0.292. The zero-order valence-corrected chi connectivity index (χ0v) is 18.3. The van der Waals surface area contributed by atoms with Gasteiger partial charge < -0.3 is 19.9 Å². The van der Waals surface area contributed by atoms with Gasteiger partial charge in [-0.1, -0.05) is 0 Å². The standard InChI is InChI=1S/C18H34N4O2.HI/c1-4-19-18(20-13-15-7-6-10-21(3)14-15)22-11-8-16(9-12-22)17(23)24-5-2;/h15-16H,4-14H2,1-3H3,(H,19,20);1H. The summed E-state index contributed by atoms with van der Waals surface area (Å²) in [6.07, 6.45) is 4.27. The summed E-state index contributed by atoms with van der Waals surface area (Å²) in [6, 6.07) is 0. The van der Waals surface area contributed by atoms with E-state index in [2.05, 4.69) is 29.1 Å². The molecule has 2 fully saturated rings. The maximum atomic E-state index is 11.9. The van der Waals surface area contributed by atoms with E-state index in [0.29, 0.717) is 12.5 Å². The van der Waals surface area contributed by atoms with Crippen molar-refractivity contribution in [2.24, 2.45) is 16.8 Å². The van der Waals surface area contributed by atoms with Crippen LogP contribution in [-0.2, 0) is 9.53 Å². The minimum atomic E-state index is -0.0377. The number of guanidine groups is 1. The molecular formula is C18H35IN4O2. The Balaban J connectivity index is 0.00000312. The molecular weight excluding hydrogens is 431 g/mol. The number of nitrogens with zero attached hydrogens (tertiary/aromatic N) is 3. The highest BCUT2D eigenvalue weighted by Gasteiger charge is 2.27. The molecule has 0 amide bonds. The van der Waals surface area contributed by atoms with Gasteiger partial charge in [-0.25, -0.2) is 0 Å². The first kappa shape index (κ1) is 22.5. The van der Waals surface area contributed by atoms with Gasteiger partial charge in [0.1, 0.15) is 0 Å². The number of nitrogens with one attached hydrogen (secondary N) is 1. The van der Waals surface area contributed by atoms with Gasteiger partial charge in [-0.2, -0.15) is 0 Å². The second kappa shape index (κ2) is 11.9. The van der Waals surface area contributed by atoms with E-state index in [1.54, 1.807) is 0 Å². The number of ether oxygens (including phenoxy) is 1. The second-order valence-electron chi connectivity index (χ2n) is 6.98. The fourth-order valence-corrected chi connectivity index (χ4v) is 3.65. The van der Waals surface area contributed by atoms with Crippen LogP contribution in [-0.4, -0.2) is 74.7 Å². The molecule has 0 aromatic carbocycles. The molecule has 0 spiro atoms. The number of carbonyl (C=O) groups is 1. The van der Waals surface area contributed by atoms with E-state index in [0.717, 1.165) is 51.5 Å². The topological polar surface area (TPSA) is 57.2 Å². The fraction of sp³-hybridized carbons (Fsp3) is 0.889. The SMILES string of the molecule is CCNC(=NCC1CCCN(C)C1)N1CCC(C(=O)OCC)CC1.I. The van der Waals surface area contributed by atoms with Crippen molar-refractivity contribution in [1.82, 2.24) is 15.1 Å². The number of aliphatic imine (C=N–C) groups is 1. The molecule has 6 nitrogen and oxygen atoms in total. The lowest BCUT2D eigenvalue weighted by molar-refractivity contribution is -0.149. The lowest BCUT2D eigenvalue weighted by Gasteiger charge is -2.34. The summed E-state index contributed by atoms with van der Waals surface area (Å²) in [4.78, 5) is 21.5. The largest absolute Gasteiger partial charge is 0.466 e. The van der Waals surface area contributed by atoms with Gasteiger partial charge in [0, 0.05) is 32.7 Å². The molecule has 2 saturated heterocycles. The van der Waals surface area contributed by atoms with Gasteiger partial charge in [-0.05, 0) is 59.0 Å². The maximum Gasteiger partial charge on any atom is 0.309 e. The fourth-order valence-electron chi connectivity index (χ4n) is 3.65. The minimum absolute atomic E-state index is 0. The normalized spacial score (nSPS) is 23.1. The first-order chi connectivity index (χ1) is 11.6. The number of likely N-dealkylation sites (tertiary alicyclic amines) is 2. The predicted molar refractivity (Wildman–Crippen MR) is 113 cm³/mol. The molecule has 1 atom stereocenters. The zero-order valence-electron chi connectivity index (χ0n) is 16.0. The van der Waals surface area contributed by atoms with Crippen LogP contribution in [0.15, 0.2) is 4.99 Å². The summed E-state index contributed by atoms with van der Waals surface area (Å²) in [5.74, 6) is 1.68. The Kier molecular flexibility index (Phi) is 10.7. The van der Waals surface area contributed by atoms with Gasteiger partial charge in [0.05, 0.1) is 12.5 Å². The van der Waals surface area contributed by atoms with E-state index in [1.807, 2.05) is 6.92 Å². The lowest BCUT2D eigenvalue weighted by atomic mass is 9.97. The molecule has 0 saturated carbocycles. The molecule has 25 heavy (non-hydrogen) atoms. The smallest absolute Gasteiger partial charge is 0.309 e. The van der Waals surface area contributed by atoms with Crippen molar-refractivity contribution >= 4 is 35.9 Å². The molecule has 0 bridgehead atoms. The Labute approximate surface area is 169 Å². The van der Waals surface area contributed by atoms with E-state index < -0.39 is 0 Å². The Morgan fingerprint density at radius 2 is 1.92 bits per heavy atom. The summed E-state index contributed by atoms with van der Waals surface area (Å²) in [5.41, 5.74) is 0. The Bertz CT molecular complexity index is 425. The zero-order chi connectivity index (χ0) is 17.4. The van der Waals surface area contributed by atoms with Gasteiger partial charge in [0.15, 0.2) is 5.96 Å². The minimum Gasteiger partial charge on any atom is -0.466 e. The molecule has 2 rings (SSSR count). The van der Waals surface area contributed by atoms with Crippen molar-refractivity contribution in [2.75, 3.05) is 52.9 Å². The van der Waals surface area contributed by atoms with Crippen LogP contribution < -0.4 is 5.32 Å². The molecule has 2 heterocycles. The third-order valence-electron chi connectivity index (χ3n) is 4.97. The summed E-state index contributed by atoms with van der Waals surface area (Å²) in [6.45, 7) is 10.3. The van der Waals surface area contributed by atoms with Crippen LogP contribution in [0.5, 0.6) is 0 Å². The van der Waals surface area contributed by atoms with Crippen molar-refractivity contribution in [1.29, 1.82) is 0 Å². The van der Waals surface area contributed by atoms with Crippen molar-refractivity contribution in [3.8, 4) is 0 Å². The van der Waals surface area contributed by atoms with Crippen LogP contribution >= 0.6 is 24.0 Å². The van der Waals surface area contributed by atoms with Crippen LogP contribution in [0.1, 0.15) is 39.5 Å². The molecule has 1 unspecified atom stereocenters. The predicted octanol–water partition coefficient (Wildman–Crippen LogP) is 2.19. The first-order valence-electron chi connectivity index (χ1n) is 9.52. The van der Waals surface area contributed by atoms with Crippen LogP contribution in [0.4, 0.5) is 0 Å². The monoisotopic (exact) mass is 466 g/mol. The first-order valence-corrected chi connectivity index (χ1v) is 9.52. The van der Waals surface area contributed by atoms with E-state index >= 15 is 0 Å². The molecule has 0 aromatic rings. The van der Waals surface area contributed by atoms with Crippen LogP contribution in [0.25, 0.3) is 0 Å². The third kappa shape index (κ3) is 7.29. The Morgan fingerprint density at radius 3 is 2.52 bits per heavy atom. The lowest BCUT2D eigenvalue weighted by Crippen LogP contribution is -2.47. The summed E-state index contributed by atoms with van der Waals surface area (Å²) >= 11 is 0. The van der Waals surface area contributed by atoms with Gasteiger partial charge in [-0.3, -0.25) is 9.79 Å². The van der Waals surface area contributed by atoms with E-state index in [9.17, 15) is 4.79 Å². The van der Waals surface area contributed by atoms with Crippen molar-refractivity contribution in [2.45, 2.75) is 39.5 Å². The molecule has 0 aromatic heterocycles. The number of hydrogen-bond donors (Lipinski definition) is 1. The highest BCUT2D eigenvalue weighted by atomic mass is 127. The maximum absolute atomic E-state index is 11.9. The average Bonchev–Trinajstić information content (AvgIpc) is 2.59. The van der Waals surface area contributed by atoms with Crippen LogP contribution in [0.3, 0.4) is 0 Å². The second-order valence-corrected chi connectivity index (χ2v) is 6.98. The van der Waals surface area contributed by atoms with E-state index in [4.69, 9.17) is 9.73 Å². The van der Waals surface area contributed by atoms with Crippen molar-refractivity contribution < 1.29 is 9.53 Å². The molecule has 0 aliphatic carbocycles. The van der Waals surface area contributed by atoms with Crippen LogP contribution in [0, 0.1) is 11.8 Å². The molecule has 146 valence electrons. The van der Waals surface area contributed by atoms with Gasteiger partial charge in [-0.15, -0.1) is 24.0 Å². The molecule has 2 aliphatic heterocycles. The molecule has 1 N–H and O–H groups in total. The molecule has 0 radical (unpaired) electrons. The Hall–Kier alpha value is -0.570. The molecule has 7 heteroatoms.